The Morgan fingerprint density at radius 3 is 2.81 bits per heavy atom. The molecule has 4 heteroatoms. The molecule has 0 spiro atoms. The van der Waals surface area contributed by atoms with Crippen molar-refractivity contribution in [3.63, 3.8) is 0 Å². The van der Waals surface area contributed by atoms with Crippen LogP contribution in [0, 0.1) is 0 Å². The van der Waals surface area contributed by atoms with E-state index in [0.717, 1.165) is 10.8 Å². The Labute approximate surface area is 97.0 Å². The van der Waals surface area contributed by atoms with Crippen LogP contribution in [-0.4, -0.2) is 11.2 Å². The SMILES string of the molecule is O=C=NCc1cc2cc(Cl)ccc2cc1O. The van der Waals surface area contributed by atoms with Crippen LogP contribution in [0.1, 0.15) is 5.56 Å². The largest absolute Gasteiger partial charge is 0.508 e. The van der Waals surface area contributed by atoms with Crippen LogP contribution in [0.4, 0.5) is 0 Å². The molecule has 2 aromatic rings. The maximum atomic E-state index is 10.0. The maximum Gasteiger partial charge on any atom is 0.235 e. The molecule has 0 bridgehead atoms. The van der Waals surface area contributed by atoms with Gasteiger partial charge in [0.05, 0.1) is 6.54 Å². The average molecular weight is 234 g/mol. The van der Waals surface area contributed by atoms with E-state index in [2.05, 4.69) is 4.99 Å². The van der Waals surface area contributed by atoms with Crippen molar-refractivity contribution in [2.45, 2.75) is 6.54 Å². The molecule has 16 heavy (non-hydrogen) atoms. The zero-order chi connectivity index (χ0) is 11.5. The second kappa shape index (κ2) is 4.35. The third-order valence-corrected chi connectivity index (χ3v) is 2.55. The highest BCUT2D eigenvalue weighted by Crippen LogP contribution is 2.27. The Bertz CT molecular complexity index is 589. The zero-order valence-corrected chi connectivity index (χ0v) is 9.03. The Hall–Kier alpha value is -1.83. The third-order valence-electron chi connectivity index (χ3n) is 2.31. The monoisotopic (exact) mass is 233 g/mol. The highest BCUT2D eigenvalue weighted by Gasteiger charge is 2.03. The Morgan fingerprint density at radius 2 is 2.06 bits per heavy atom. The summed E-state index contributed by atoms with van der Waals surface area (Å²) in [6.07, 6.45) is 1.44. The summed E-state index contributed by atoms with van der Waals surface area (Å²) < 4.78 is 0. The lowest BCUT2D eigenvalue weighted by Crippen LogP contribution is -1.84. The lowest BCUT2D eigenvalue weighted by Gasteiger charge is -2.04. The van der Waals surface area contributed by atoms with Crippen molar-refractivity contribution < 1.29 is 9.90 Å². The van der Waals surface area contributed by atoms with Crippen LogP contribution in [0.3, 0.4) is 0 Å². The van der Waals surface area contributed by atoms with Crippen molar-refractivity contribution in [3.8, 4) is 5.75 Å². The molecule has 1 N–H and O–H groups in total. The molecule has 0 atom stereocenters. The van der Waals surface area contributed by atoms with Gasteiger partial charge in [-0.15, -0.1) is 0 Å². The van der Waals surface area contributed by atoms with Gasteiger partial charge < -0.3 is 5.11 Å². The van der Waals surface area contributed by atoms with Gasteiger partial charge in [0.2, 0.25) is 6.08 Å². The molecule has 0 aliphatic rings. The number of hydrogen-bond donors (Lipinski definition) is 1. The van der Waals surface area contributed by atoms with E-state index in [0.29, 0.717) is 10.6 Å². The number of aromatic hydroxyl groups is 1. The first-order valence-corrected chi connectivity index (χ1v) is 5.03. The molecule has 3 nitrogen and oxygen atoms in total. The maximum absolute atomic E-state index is 10.0. The van der Waals surface area contributed by atoms with Crippen molar-refractivity contribution >= 4 is 28.5 Å². The number of isocyanates is 1. The lowest BCUT2D eigenvalue weighted by atomic mass is 10.1. The van der Waals surface area contributed by atoms with Crippen molar-refractivity contribution in [2.75, 3.05) is 0 Å². The van der Waals surface area contributed by atoms with Gasteiger partial charge in [-0.2, -0.15) is 0 Å². The van der Waals surface area contributed by atoms with Crippen LogP contribution < -0.4 is 0 Å². The number of fused-ring (bicyclic) bond motifs is 1. The molecule has 2 aromatic carbocycles. The Morgan fingerprint density at radius 1 is 1.25 bits per heavy atom. The van der Waals surface area contributed by atoms with Crippen LogP contribution in [0.5, 0.6) is 5.75 Å². The molecule has 0 aliphatic carbocycles. The van der Waals surface area contributed by atoms with E-state index in [1.165, 1.54) is 6.08 Å². The van der Waals surface area contributed by atoms with Crippen LogP contribution in [0.25, 0.3) is 10.8 Å². The van der Waals surface area contributed by atoms with Gasteiger partial charge in [-0.1, -0.05) is 17.7 Å². The summed E-state index contributed by atoms with van der Waals surface area (Å²) in [5, 5.41) is 12.1. The minimum absolute atomic E-state index is 0.119. The number of hydrogen-bond acceptors (Lipinski definition) is 3. The fraction of sp³-hybridized carbons (Fsp3) is 0.0833. The molecule has 0 aromatic heterocycles. The van der Waals surface area contributed by atoms with Gasteiger partial charge in [0.25, 0.3) is 0 Å². The predicted octanol–water partition coefficient (Wildman–Crippen LogP) is 3.03. The number of rotatable bonds is 2. The number of benzene rings is 2. The lowest BCUT2D eigenvalue weighted by molar-refractivity contribution is 0.469. The van der Waals surface area contributed by atoms with Crippen molar-refractivity contribution in [1.82, 2.24) is 0 Å². The van der Waals surface area contributed by atoms with Crippen LogP contribution in [-0.2, 0) is 11.3 Å². The van der Waals surface area contributed by atoms with E-state index in [1.807, 2.05) is 6.07 Å². The van der Waals surface area contributed by atoms with Crippen molar-refractivity contribution in [1.29, 1.82) is 0 Å². The first kappa shape index (κ1) is 10.7. The molecule has 0 aliphatic heterocycles. The molecule has 2 rings (SSSR count). The van der Waals surface area contributed by atoms with Crippen LogP contribution in [0.2, 0.25) is 5.02 Å². The summed E-state index contributed by atoms with van der Waals surface area (Å²) in [6.45, 7) is 0.123. The van der Waals surface area contributed by atoms with Gasteiger partial charge in [0.15, 0.2) is 0 Å². The molecule has 0 heterocycles. The van der Waals surface area contributed by atoms with Gasteiger partial charge in [-0.05, 0) is 35.0 Å². The number of phenolic OH excluding ortho intramolecular Hbond substituents is 1. The molecular weight excluding hydrogens is 226 g/mol. The summed E-state index contributed by atoms with van der Waals surface area (Å²) in [5.74, 6) is 0.119. The van der Waals surface area contributed by atoms with Gasteiger partial charge >= 0.3 is 0 Å². The smallest absolute Gasteiger partial charge is 0.235 e. The topological polar surface area (TPSA) is 49.7 Å². The second-order valence-corrected chi connectivity index (χ2v) is 3.82. The highest BCUT2D eigenvalue weighted by molar-refractivity contribution is 6.31. The molecular formula is C12H8ClNO2. The first-order valence-electron chi connectivity index (χ1n) is 4.65. The number of phenols is 1. The van der Waals surface area contributed by atoms with Gasteiger partial charge in [-0.25, -0.2) is 9.79 Å². The number of carbonyl (C=O) groups excluding carboxylic acids is 1. The first-order chi connectivity index (χ1) is 7.70. The Kier molecular flexibility index (Phi) is 2.91. The molecule has 80 valence electrons. The normalized spacial score (nSPS) is 10.1. The molecule has 0 unspecified atom stereocenters. The number of nitrogens with zero attached hydrogens (tertiary/aromatic N) is 1. The molecule has 0 radical (unpaired) electrons. The second-order valence-electron chi connectivity index (χ2n) is 3.38. The average Bonchev–Trinajstić information content (AvgIpc) is 2.27. The van der Waals surface area contributed by atoms with E-state index in [9.17, 15) is 9.90 Å². The minimum atomic E-state index is 0.119. The quantitative estimate of drug-likeness (QED) is 0.640. The summed E-state index contributed by atoms with van der Waals surface area (Å²) in [6, 6.07) is 8.76. The van der Waals surface area contributed by atoms with E-state index >= 15 is 0 Å². The molecule has 0 fully saturated rings. The molecule has 0 amide bonds. The third kappa shape index (κ3) is 2.06. The van der Waals surface area contributed by atoms with Crippen molar-refractivity contribution in [2.24, 2.45) is 4.99 Å². The van der Waals surface area contributed by atoms with E-state index in [4.69, 9.17) is 11.6 Å². The summed E-state index contributed by atoms with van der Waals surface area (Å²) in [5.41, 5.74) is 0.582. The van der Waals surface area contributed by atoms with Crippen LogP contribution in [0.15, 0.2) is 35.3 Å². The zero-order valence-electron chi connectivity index (χ0n) is 8.27. The summed E-state index contributed by atoms with van der Waals surface area (Å²) in [4.78, 5) is 13.4. The fourth-order valence-corrected chi connectivity index (χ4v) is 1.73. The molecule has 0 saturated carbocycles. The molecule has 0 saturated heterocycles. The van der Waals surface area contributed by atoms with E-state index in [-0.39, 0.29) is 12.3 Å². The fourth-order valence-electron chi connectivity index (χ4n) is 1.55. The minimum Gasteiger partial charge on any atom is -0.508 e. The van der Waals surface area contributed by atoms with Gasteiger partial charge in [-0.3, -0.25) is 0 Å². The highest BCUT2D eigenvalue weighted by atomic mass is 35.5. The van der Waals surface area contributed by atoms with E-state index in [1.54, 1.807) is 24.3 Å². The van der Waals surface area contributed by atoms with Gasteiger partial charge in [0, 0.05) is 10.6 Å². The van der Waals surface area contributed by atoms with E-state index < -0.39 is 0 Å². The summed E-state index contributed by atoms with van der Waals surface area (Å²) >= 11 is 5.87. The van der Waals surface area contributed by atoms with Crippen molar-refractivity contribution in [3.05, 3.63) is 40.9 Å². The number of aliphatic imine (C=N–C) groups is 1. The summed E-state index contributed by atoms with van der Waals surface area (Å²) in [7, 11) is 0. The van der Waals surface area contributed by atoms with Gasteiger partial charge in [0.1, 0.15) is 5.75 Å². The van der Waals surface area contributed by atoms with Crippen LogP contribution >= 0.6 is 11.6 Å². The number of halogens is 1. The Balaban J connectivity index is 2.59. The standard InChI is InChI=1S/C12H8ClNO2/c13-11-2-1-8-5-12(16)10(6-14-7-15)3-9(8)4-11/h1-5,16H,6H2. The predicted molar refractivity (Wildman–Crippen MR) is 62.4 cm³/mol.